The molecule has 7 nitrogen and oxygen atoms in total. The number of aliphatic hydroxyl groups is 1. The Morgan fingerprint density at radius 3 is 2.22 bits per heavy atom. The molecule has 1 rings (SSSR count). The first-order valence-electron chi connectivity index (χ1n) is 10.1. The number of nitrogens with zero attached hydrogens (tertiary/aromatic N) is 3. The van der Waals surface area contributed by atoms with Gasteiger partial charge in [-0.1, -0.05) is 13.8 Å². The second-order valence-corrected chi connectivity index (χ2v) is 7.15. The predicted octanol–water partition coefficient (Wildman–Crippen LogP) is 1.51. The van der Waals surface area contributed by atoms with Gasteiger partial charge in [-0.25, -0.2) is 0 Å². The number of rotatable bonds is 10. The van der Waals surface area contributed by atoms with Gasteiger partial charge in [-0.2, -0.15) is 0 Å². The Kier molecular flexibility index (Phi) is 14.1. The number of hydrogen-bond acceptors (Lipinski definition) is 4. The normalized spacial score (nSPS) is 16.0. The van der Waals surface area contributed by atoms with Crippen LogP contribution in [0.15, 0.2) is 4.99 Å². The number of guanidine groups is 1. The highest BCUT2D eigenvalue weighted by Crippen LogP contribution is 2.30. The van der Waals surface area contributed by atoms with Gasteiger partial charge < -0.3 is 20.6 Å². The topological polar surface area (TPSA) is 80.2 Å². The highest BCUT2D eigenvalue weighted by Gasteiger charge is 2.25. The fourth-order valence-electron chi connectivity index (χ4n) is 3.35. The number of hydrogen-bond donors (Lipinski definition) is 3. The maximum atomic E-state index is 11.4. The van der Waals surface area contributed by atoms with Crippen molar-refractivity contribution in [1.82, 2.24) is 20.4 Å². The molecule has 1 fully saturated rings. The van der Waals surface area contributed by atoms with Crippen molar-refractivity contribution >= 4 is 35.8 Å². The highest BCUT2D eigenvalue weighted by atomic mass is 127. The Hall–Kier alpha value is -0.610. The standard InChI is InChI=1S/C19H39N5O2.HI/c1-5-19(6-2,8-15-25)16-22-18(20-7-3)21-9-10-23-11-13-24(14-12-23)17(4)26;/h25H,5-16H2,1-4H3,(H2,20,21,22);1H. The van der Waals surface area contributed by atoms with E-state index in [4.69, 9.17) is 4.99 Å². The lowest BCUT2D eigenvalue weighted by Gasteiger charge is -2.34. The van der Waals surface area contributed by atoms with Crippen molar-refractivity contribution in [3.8, 4) is 0 Å². The van der Waals surface area contributed by atoms with Crippen molar-refractivity contribution in [1.29, 1.82) is 0 Å². The summed E-state index contributed by atoms with van der Waals surface area (Å²) in [5, 5.41) is 16.1. The largest absolute Gasteiger partial charge is 0.396 e. The summed E-state index contributed by atoms with van der Waals surface area (Å²) in [6.45, 7) is 15.1. The van der Waals surface area contributed by atoms with Gasteiger partial charge in [0.2, 0.25) is 5.91 Å². The number of carbonyl (C=O) groups excluding carboxylic acids is 1. The van der Waals surface area contributed by atoms with Crippen LogP contribution >= 0.6 is 24.0 Å². The van der Waals surface area contributed by atoms with E-state index in [2.05, 4.69) is 36.3 Å². The third kappa shape index (κ3) is 9.43. The van der Waals surface area contributed by atoms with Gasteiger partial charge in [0.1, 0.15) is 0 Å². The van der Waals surface area contributed by atoms with Crippen LogP contribution in [-0.4, -0.2) is 85.7 Å². The molecule has 1 aliphatic rings. The van der Waals surface area contributed by atoms with E-state index in [1.165, 1.54) is 0 Å². The van der Waals surface area contributed by atoms with Gasteiger partial charge in [0.05, 0.1) is 0 Å². The number of aliphatic imine (C=N–C) groups is 1. The molecule has 1 saturated heterocycles. The van der Waals surface area contributed by atoms with Crippen molar-refractivity contribution < 1.29 is 9.90 Å². The van der Waals surface area contributed by atoms with Crippen LogP contribution in [-0.2, 0) is 4.79 Å². The minimum absolute atomic E-state index is 0. The van der Waals surface area contributed by atoms with Gasteiger partial charge in [-0.3, -0.25) is 14.7 Å². The van der Waals surface area contributed by atoms with Crippen molar-refractivity contribution in [3.63, 3.8) is 0 Å². The van der Waals surface area contributed by atoms with Crippen molar-refractivity contribution in [2.24, 2.45) is 10.4 Å². The van der Waals surface area contributed by atoms with E-state index < -0.39 is 0 Å². The Bertz CT molecular complexity index is 436. The van der Waals surface area contributed by atoms with E-state index in [0.29, 0.717) is 0 Å². The molecule has 0 saturated carbocycles. The van der Waals surface area contributed by atoms with Crippen molar-refractivity contribution in [2.45, 2.75) is 47.0 Å². The first-order chi connectivity index (χ1) is 12.5. The molecular formula is C19H40IN5O2. The molecule has 0 atom stereocenters. The Balaban J connectivity index is 0.00000676. The third-order valence-electron chi connectivity index (χ3n) is 5.60. The van der Waals surface area contributed by atoms with E-state index >= 15 is 0 Å². The minimum Gasteiger partial charge on any atom is -0.396 e. The van der Waals surface area contributed by atoms with E-state index in [9.17, 15) is 9.90 Å². The molecule has 0 bridgehead atoms. The molecule has 27 heavy (non-hydrogen) atoms. The summed E-state index contributed by atoms with van der Waals surface area (Å²) >= 11 is 0. The first kappa shape index (κ1) is 26.4. The highest BCUT2D eigenvalue weighted by molar-refractivity contribution is 14.0. The lowest BCUT2D eigenvalue weighted by Crippen LogP contribution is -2.50. The zero-order valence-electron chi connectivity index (χ0n) is 17.6. The van der Waals surface area contributed by atoms with Crippen LogP contribution in [0.4, 0.5) is 0 Å². The maximum Gasteiger partial charge on any atom is 0.219 e. The summed E-state index contributed by atoms with van der Waals surface area (Å²) in [5.74, 6) is 1.02. The fraction of sp³-hybridized carbons (Fsp3) is 0.895. The van der Waals surface area contributed by atoms with Crippen molar-refractivity contribution in [2.75, 3.05) is 59.0 Å². The fourth-order valence-corrected chi connectivity index (χ4v) is 3.35. The number of amides is 1. The summed E-state index contributed by atoms with van der Waals surface area (Å²) < 4.78 is 0. The lowest BCUT2D eigenvalue weighted by atomic mass is 9.79. The van der Waals surface area contributed by atoms with Gasteiger partial charge in [0.25, 0.3) is 0 Å². The third-order valence-corrected chi connectivity index (χ3v) is 5.60. The zero-order valence-corrected chi connectivity index (χ0v) is 19.9. The first-order valence-corrected chi connectivity index (χ1v) is 10.1. The summed E-state index contributed by atoms with van der Waals surface area (Å²) in [6.07, 6.45) is 2.84. The monoisotopic (exact) mass is 497 g/mol. The van der Waals surface area contributed by atoms with Crippen LogP contribution in [0.2, 0.25) is 0 Å². The van der Waals surface area contributed by atoms with Gasteiger partial charge in [-0.15, -0.1) is 24.0 Å². The minimum atomic E-state index is 0. The Morgan fingerprint density at radius 2 is 1.74 bits per heavy atom. The summed E-state index contributed by atoms with van der Waals surface area (Å²) in [5.41, 5.74) is 0.0835. The molecule has 0 radical (unpaired) electrons. The molecule has 3 N–H and O–H groups in total. The van der Waals surface area contributed by atoms with Crippen LogP contribution in [0.5, 0.6) is 0 Å². The molecule has 0 spiro atoms. The van der Waals surface area contributed by atoms with Gasteiger partial charge in [0.15, 0.2) is 5.96 Å². The number of aliphatic hydroxyl groups excluding tert-OH is 1. The molecule has 1 heterocycles. The summed E-state index contributed by atoms with van der Waals surface area (Å²) in [4.78, 5) is 20.4. The average molecular weight is 497 g/mol. The van der Waals surface area contributed by atoms with Crippen LogP contribution in [0.25, 0.3) is 0 Å². The van der Waals surface area contributed by atoms with Gasteiger partial charge >= 0.3 is 0 Å². The lowest BCUT2D eigenvalue weighted by molar-refractivity contribution is -0.130. The molecule has 0 aromatic carbocycles. The maximum absolute atomic E-state index is 11.4. The second kappa shape index (κ2) is 14.4. The zero-order chi connectivity index (χ0) is 19.4. The number of carbonyl (C=O) groups is 1. The molecule has 160 valence electrons. The Labute approximate surface area is 182 Å². The molecule has 0 aromatic rings. The predicted molar refractivity (Wildman–Crippen MR) is 123 cm³/mol. The SMILES string of the molecule is CCNC(=NCC(CC)(CC)CCO)NCCN1CCN(C(C)=O)CC1.I. The molecule has 0 unspecified atom stereocenters. The van der Waals surface area contributed by atoms with Crippen molar-refractivity contribution in [3.05, 3.63) is 0 Å². The van der Waals surface area contributed by atoms with Crippen LogP contribution in [0, 0.1) is 5.41 Å². The van der Waals surface area contributed by atoms with Crippen LogP contribution < -0.4 is 10.6 Å². The molecule has 1 amide bonds. The van der Waals surface area contributed by atoms with Crippen LogP contribution in [0.1, 0.15) is 47.0 Å². The summed E-state index contributed by atoms with van der Waals surface area (Å²) in [6, 6.07) is 0. The molecule has 1 aliphatic heterocycles. The second-order valence-electron chi connectivity index (χ2n) is 7.15. The molecular weight excluding hydrogens is 457 g/mol. The van der Waals surface area contributed by atoms with Crippen LogP contribution in [0.3, 0.4) is 0 Å². The van der Waals surface area contributed by atoms with E-state index in [1.807, 2.05) is 4.90 Å². The quantitative estimate of drug-likeness (QED) is 0.242. The number of nitrogens with one attached hydrogen (secondary N) is 2. The Morgan fingerprint density at radius 1 is 1.11 bits per heavy atom. The average Bonchev–Trinajstić information content (AvgIpc) is 2.65. The van der Waals surface area contributed by atoms with E-state index in [0.717, 1.165) is 77.6 Å². The smallest absolute Gasteiger partial charge is 0.219 e. The molecule has 8 heteroatoms. The van der Waals surface area contributed by atoms with Gasteiger partial charge in [-0.05, 0) is 31.6 Å². The molecule has 0 aliphatic carbocycles. The summed E-state index contributed by atoms with van der Waals surface area (Å²) in [7, 11) is 0. The molecule has 0 aromatic heterocycles. The number of piperazine rings is 1. The number of halogens is 1. The van der Waals surface area contributed by atoms with E-state index in [1.54, 1.807) is 6.92 Å². The van der Waals surface area contributed by atoms with E-state index in [-0.39, 0.29) is 41.9 Å². The van der Waals surface area contributed by atoms with Gasteiger partial charge in [0, 0.05) is 65.9 Å².